The highest BCUT2D eigenvalue weighted by Gasteiger charge is 2.76. The zero-order valence-electron chi connectivity index (χ0n) is 23.9. The number of nitrogens with one attached hydrogen (secondary N) is 1. The number of ether oxygens (including phenoxy) is 1. The SMILES string of the molecule is C[C@]12C=CC(=O)CC1=CC[C@H]1[C@@H]3C[C@@H](O)[C@](O)(C(=O)COC(=O)C(CO)NC(=O)CCCO[N+](=O)[O-])[C@@]3(C)C[C@H](O)[C@@]12F. The number of carbonyl (C=O) groups is 4. The highest BCUT2D eigenvalue weighted by atomic mass is 19.1. The minimum absolute atomic E-state index is 0.0156. The summed E-state index contributed by atoms with van der Waals surface area (Å²) in [6.07, 6.45) is 0.378. The topological polar surface area (TPSA) is 223 Å². The number of hydrogen-bond donors (Lipinski definition) is 5. The number of carbonyl (C=O) groups excluding carboxylic acids is 4. The fourth-order valence-electron chi connectivity index (χ4n) is 7.80. The molecule has 1 unspecified atom stereocenters. The zero-order chi connectivity index (χ0) is 32.0. The van der Waals surface area contributed by atoms with Crippen LogP contribution in [0.15, 0.2) is 23.8 Å². The second kappa shape index (κ2) is 11.7. The number of hydrogen-bond acceptors (Lipinski definition) is 12. The molecule has 5 N–H and O–H groups in total. The van der Waals surface area contributed by atoms with Gasteiger partial charge in [-0.05, 0) is 44.6 Å². The van der Waals surface area contributed by atoms with E-state index in [9.17, 15) is 49.7 Å². The van der Waals surface area contributed by atoms with Gasteiger partial charge in [0.25, 0.3) is 5.09 Å². The zero-order valence-corrected chi connectivity index (χ0v) is 23.9. The molecule has 2 fully saturated rings. The Morgan fingerprint density at radius 2 is 1.93 bits per heavy atom. The van der Waals surface area contributed by atoms with Crippen molar-refractivity contribution in [3.63, 3.8) is 0 Å². The molecule has 0 heterocycles. The number of ketones is 2. The van der Waals surface area contributed by atoms with Crippen LogP contribution in [0, 0.1) is 32.8 Å². The second-order valence-corrected chi connectivity index (χ2v) is 12.3. The highest BCUT2D eigenvalue weighted by Crippen LogP contribution is 2.69. The van der Waals surface area contributed by atoms with Crippen molar-refractivity contribution in [2.24, 2.45) is 22.7 Å². The van der Waals surface area contributed by atoms with Crippen LogP contribution in [0.2, 0.25) is 0 Å². The number of aliphatic hydroxyl groups excluding tert-OH is 3. The van der Waals surface area contributed by atoms with Crippen molar-refractivity contribution in [3.8, 4) is 0 Å². The van der Waals surface area contributed by atoms with Crippen molar-refractivity contribution >= 4 is 23.4 Å². The summed E-state index contributed by atoms with van der Waals surface area (Å²) in [4.78, 5) is 64.3. The molecule has 0 radical (unpaired) electrons. The third kappa shape index (κ3) is 5.15. The fraction of sp³-hybridized carbons (Fsp3) is 0.714. The van der Waals surface area contributed by atoms with Gasteiger partial charge in [0.1, 0.15) is 0 Å². The van der Waals surface area contributed by atoms with Crippen LogP contribution in [0.1, 0.15) is 52.4 Å². The summed E-state index contributed by atoms with van der Waals surface area (Å²) < 4.78 is 22.2. The van der Waals surface area contributed by atoms with Gasteiger partial charge in [0.15, 0.2) is 29.7 Å². The summed E-state index contributed by atoms with van der Waals surface area (Å²) >= 11 is 0. The van der Waals surface area contributed by atoms with E-state index >= 15 is 4.39 Å². The van der Waals surface area contributed by atoms with E-state index in [4.69, 9.17) is 4.74 Å². The lowest BCUT2D eigenvalue weighted by Crippen LogP contribution is -2.69. The van der Waals surface area contributed by atoms with Crippen molar-refractivity contribution < 1.29 is 58.7 Å². The van der Waals surface area contributed by atoms with E-state index in [0.29, 0.717) is 5.57 Å². The molecule has 9 atom stereocenters. The summed E-state index contributed by atoms with van der Waals surface area (Å²) in [5.41, 5.74) is -7.06. The fourth-order valence-corrected chi connectivity index (χ4v) is 7.80. The number of allylic oxidation sites excluding steroid dienone is 4. The largest absolute Gasteiger partial charge is 0.456 e. The number of Topliss-reactive ketones (excluding diaryl/α,β-unsaturated/α-hetero) is 1. The van der Waals surface area contributed by atoms with Gasteiger partial charge in [0.2, 0.25) is 11.7 Å². The molecule has 0 aromatic rings. The van der Waals surface area contributed by atoms with E-state index in [1.807, 2.05) is 0 Å². The predicted molar refractivity (Wildman–Crippen MR) is 142 cm³/mol. The number of aliphatic hydroxyl groups is 4. The Morgan fingerprint density at radius 3 is 2.58 bits per heavy atom. The van der Waals surface area contributed by atoms with Gasteiger partial charge < -0.3 is 35.3 Å². The van der Waals surface area contributed by atoms with E-state index in [0.717, 1.165) is 0 Å². The van der Waals surface area contributed by atoms with E-state index < -0.39 is 94.6 Å². The smallest absolute Gasteiger partial charge is 0.331 e. The maximum atomic E-state index is 17.2. The lowest BCUT2D eigenvalue weighted by Gasteiger charge is -2.61. The number of esters is 1. The second-order valence-electron chi connectivity index (χ2n) is 12.3. The highest BCUT2D eigenvalue weighted by molar-refractivity contribution is 5.94. The molecule has 0 aliphatic heterocycles. The van der Waals surface area contributed by atoms with Crippen molar-refractivity contribution in [2.45, 2.75) is 81.9 Å². The lowest BCUT2D eigenvalue weighted by atomic mass is 9.45. The van der Waals surface area contributed by atoms with Gasteiger partial charge in [-0.1, -0.05) is 24.6 Å². The van der Waals surface area contributed by atoms with Gasteiger partial charge in [0, 0.05) is 29.6 Å². The molecule has 0 spiro atoms. The van der Waals surface area contributed by atoms with Crippen LogP contribution in [0.4, 0.5) is 4.39 Å². The van der Waals surface area contributed by atoms with Crippen LogP contribution in [-0.4, -0.2) is 98.3 Å². The van der Waals surface area contributed by atoms with Crippen molar-refractivity contribution in [3.05, 3.63) is 33.9 Å². The van der Waals surface area contributed by atoms with Crippen LogP contribution in [-0.2, 0) is 28.8 Å². The van der Waals surface area contributed by atoms with Gasteiger partial charge in [-0.3, -0.25) is 14.4 Å². The molecule has 4 rings (SSSR count). The molecule has 4 aliphatic carbocycles. The number of alkyl halides is 1. The summed E-state index contributed by atoms with van der Waals surface area (Å²) in [6, 6.07) is -1.59. The third-order valence-electron chi connectivity index (χ3n) is 10.1. The molecular weight excluding hydrogens is 575 g/mol. The maximum absolute atomic E-state index is 17.2. The molecule has 0 saturated heterocycles. The van der Waals surface area contributed by atoms with E-state index in [-0.39, 0.29) is 44.5 Å². The Bertz CT molecular complexity index is 1260. The average Bonchev–Trinajstić information content (AvgIpc) is 3.15. The predicted octanol–water partition coefficient (Wildman–Crippen LogP) is -0.363. The molecule has 238 valence electrons. The number of nitrogens with zero attached hydrogens (tertiary/aromatic N) is 1. The van der Waals surface area contributed by atoms with Gasteiger partial charge in [0.05, 0.1) is 25.4 Å². The van der Waals surface area contributed by atoms with Gasteiger partial charge in [-0.2, -0.15) is 0 Å². The molecule has 1 amide bonds. The Balaban J connectivity index is 1.47. The number of fused-ring (bicyclic) bond motifs is 5. The number of halogens is 1. The first-order valence-corrected chi connectivity index (χ1v) is 14.1. The van der Waals surface area contributed by atoms with E-state index in [2.05, 4.69) is 10.2 Å². The molecule has 14 nitrogen and oxygen atoms in total. The molecule has 4 aliphatic rings. The summed E-state index contributed by atoms with van der Waals surface area (Å²) in [6.45, 7) is 0.774. The van der Waals surface area contributed by atoms with Crippen LogP contribution in [0.5, 0.6) is 0 Å². The Hall–Kier alpha value is -3.27. The standard InChI is InChI=1S/C28H37FN2O12/c1-25-8-7-16(33)10-15(25)5-6-17-18-11-20(34)28(39,26(18,2)12-21(35)27(17,25)29)22(36)14-42-24(38)19(13-32)30-23(37)4-3-9-43-31(40)41/h5,7-8,17-21,32,34-35,39H,3-4,6,9-14H2,1-2H3,(H,30,37)/t17-,18-,19?,20+,21-,25-,26-,27-,28-/m0/s1. The average molecular weight is 613 g/mol. The number of rotatable bonds is 11. The third-order valence-corrected chi connectivity index (χ3v) is 10.1. The summed E-state index contributed by atoms with van der Waals surface area (Å²) in [7, 11) is 0. The van der Waals surface area contributed by atoms with Crippen LogP contribution in [0.3, 0.4) is 0 Å². The lowest BCUT2D eigenvalue weighted by molar-refractivity contribution is -0.757. The first-order chi connectivity index (χ1) is 20.1. The molecule has 43 heavy (non-hydrogen) atoms. The molecule has 2 saturated carbocycles. The molecule has 0 bridgehead atoms. The quantitative estimate of drug-likeness (QED) is 0.0663. The summed E-state index contributed by atoms with van der Waals surface area (Å²) in [5, 5.41) is 55.0. The maximum Gasteiger partial charge on any atom is 0.331 e. The van der Waals surface area contributed by atoms with Gasteiger partial charge >= 0.3 is 5.97 Å². The van der Waals surface area contributed by atoms with E-state index in [1.165, 1.54) is 19.1 Å². The van der Waals surface area contributed by atoms with Crippen LogP contribution < -0.4 is 5.32 Å². The Morgan fingerprint density at radius 1 is 1.23 bits per heavy atom. The monoisotopic (exact) mass is 612 g/mol. The first-order valence-electron chi connectivity index (χ1n) is 14.1. The van der Waals surface area contributed by atoms with E-state index in [1.54, 1.807) is 13.0 Å². The van der Waals surface area contributed by atoms with Gasteiger partial charge in [-0.15, -0.1) is 10.1 Å². The van der Waals surface area contributed by atoms with Crippen molar-refractivity contribution in [1.29, 1.82) is 0 Å². The van der Waals surface area contributed by atoms with Crippen molar-refractivity contribution in [2.75, 3.05) is 19.8 Å². The van der Waals surface area contributed by atoms with Crippen molar-refractivity contribution in [1.82, 2.24) is 5.32 Å². The first kappa shape index (κ1) is 32.6. The van der Waals surface area contributed by atoms with Crippen LogP contribution in [0.25, 0.3) is 0 Å². The molecule has 0 aromatic heterocycles. The van der Waals surface area contributed by atoms with Crippen LogP contribution >= 0.6 is 0 Å². The molecule has 15 heteroatoms. The summed E-state index contributed by atoms with van der Waals surface area (Å²) in [5.74, 6) is -4.95. The molecule has 0 aromatic carbocycles. The Kier molecular flexibility index (Phi) is 8.86. The van der Waals surface area contributed by atoms with Gasteiger partial charge in [-0.25, -0.2) is 9.18 Å². The minimum Gasteiger partial charge on any atom is -0.456 e. The Labute approximate surface area is 246 Å². The normalized spacial score (nSPS) is 38.6. The number of amides is 1. The minimum atomic E-state index is -2.53. The molecular formula is C28H37FN2O12.